The number of carbonyl (C=O) groups excluding carboxylic acids is 1. The van der Waals surface area contributed by atoms with Gasteiger partial charge in [0.1, 0.15) is 12.4 Å². The highest BCUT2D eigenvalue weighted by molar-refractivity contribution is 5.79. The van der Waals surface area contributed by atoms with E-state index >= 15 is 0 Å². The van der Waals surface area contributed by atoms with E-state index < -0.39 is 11.4 Å². The van der Waals surface area contributed by atoms with Gasteiger partial charge in [-0.3, -0.25) is 14.2 Å². The lowest BCUT2D eigenvalue weighted by Gasteiger charge is -2.25. The number of likely N-dealkylation sites (N-methyl/N-ethyl adjacent to an activating group) is 1. The Kier molecular flexibility index (Phi) is 6.54. The molecule has 0 bridgehead atoms. The number of halogens is 1. The van der Waals surface area contributed by atoms with Crippen LogP contribution < -0.4 is 5.56 Å². The Morgan fingerprint density at radius 2 is 1.90 bits per heavy atom. The van der Waals surface area contributed by atoms with E-state index in [1.165, 1.54) is 23.0 Å². The van der Waals surface area contributed by atoms with Gasteiger partial charge in [0, 0.05) is 19.6 Å². The molecular formula is C22H22FN5O2. The third-order valence-electron chi connectivity index (χ3n) is 4.72. The molecule has 7 nitrogen and oxygen atoms in total. The number of benzene rings is 2. The third kappa shape index (κ3) is 5.07. The van der Waals surface area contributed by atoms with Gasteiger partial charge in [-0.25, -0.2) is 9.37 Å². The number of fused-ring (bicyclic) bond motifs is 1. The van der Waals surface area contributed by atoms with Gasteiger partial charge in [0.2, 0.25) is 5.91 Å². The largest absolute Gasteiger partial charge is 0.336 e. The Hall–Kier alpha value is -3.57. The van der Waals surface area contributed by atoms with Gasteiger partial charge in [-0.05, 0) is 50.0 Å². The molecule has 3 rings (SSSR count). The average Bonchev–Trinajstić information content (AvgIpc) is 2.73. The zero-order valence-electron chi connectivity index (χ0n) is 16.9. The maximum Gasteiger partial charge on any atom is 0.261 e. The van der Waals surface area contributed by atoms with Crippen LogP contribution in [0.3, 0.4) is 0 Å². The van der Waals surface area contributed by atoms with E-state index in [4.69, 9.17) is 5.26 Å². The van der Waals surface area contributed by atoms with Crippen LogP contribution >= 0.6 is 0 Å². The van der Waals surface area contributed by atoms with Crippen molar-refractivity contribution < 1.29 is 9.18 Å². The number of carbonyl (C=O) groups is 1. The molecule has 0 saturated carbocycles. The summed E-state index contributed by atoms with van der Waals surface area (Å²) in [4.78, 5) is 33.5. The standard InChI is InChI=1S/C22H22FN5O2/c1-26(2)9-10-27(13-17-5-3-16(12-24)4-6-17)21(29)14-28-15-25-20-8-7-18(23)11-19(20)22(28)30/h3-8,11,15H,9-10,13-14H2,1-2H3. The fourth-order valence-electron chi connectivity index (χ4n) is 3.01. The Morgan fingerprint density at radius 3 is 2.57 bits per heavy atom. The molecule has 1 amide bonds. The molecule has 0 aliphatic heterocycles. The Labute approximate surface area is 173 Å². The molecule has 0 fully saturated rings. The van der Waals surface area contributed by atoms with Gasteiger partial charge in [0.15, 0.2) is 0 Å². The van der Waals surface area contributed by atoms with E-state index in [2.05, 4.69) is 11.1 Å². The topological polar surface area (TPSA) is 82.2 Å². The lowest BCUT2D eigenvalue weighted by atomic mass is 10.1. The molecule has 3 aromatic rings. The zero-order chi connectivity index (χ0) is 21.7. The van der Waals surface area contributed by atoms with E-state index in [1.54, 1.807) is 29.2 Å². The van der Waals surface area contributed by atoms with Crippen LogP contribution in [0.5, 0.6) is 0 Å². The molecule has 0 saturated heterocycles. The fourth-order valence-corrected chi connectivity index (χ4v) is 3.01. The van der Waals surface area contributed by atoms with Crippen molar-refractivity contribution >= 4 is 16.8 Å². The number of amides is 1. The first-order valence-corrected chi connectivity index (χ1v) is 9.43. The normalized spacial score (nSPS) is 10.9. The maximum atomic E-state index is 13.5. The number of aromatic nitrogens is 2. The molecule has 1 heterocycles. The van der Waals surface area contributed by atoms with Gasteiger partial charge in [-0.2, -0.15) is 5.26 Å². The second kappa shape index (κ2) is 9.29. The van der Waals surface area contributed by atoms with Crippen molar-refractivity contribution in [3.63, 3.8) is 0 Å². The fraction of sp³-hybridized carbons (Fsp3) is 0.273. The second-order valence-corrected chi connectivity index (χ2v) is 7.27. The quantitative estimate of drug-likeness (QED) is 0.598. The van der Waals surface area contributed by atoms with E-state index in [9.17, 15) is 14.0 Å². The summed E-state index contributed by atoms with van der Waals surface area (Å²) >= 11 is 0. The number of nitriles is 1. The van der Waals surface area contributed by atoms with Crippen molar-refractivity contribution in [2.75, 3.05) is 27.2 Å². The van der Waals surface area contributed by atoms with E-state index in [-0.39, 0.29) is 17.8 Å². The molecule has 0 N–H and O–H groups in total. The predicted molar refractivity (Wildman–Crippen MR) is 111 cm³/mol. The highest BCUT2D eigenvalue weighted by Crippen LogP contribution is 2.10. The molecule has 2 aromatic carbocycles. The molecule has 0 spiro atoms. The molecule has 1 aromatic heterocycles. The molecule has 0 aliphatic carbocycles. The summed E-state index contributed by atoms with van der Waals surface area (Å²) in [5, 5.41) is 9.08. The van der Waals surface area contributed by atoms with Gasteiger partial charge < -0.3 is 9.80 Å². The van der Waals surface area contributed by atoms with Crippen LogP contribution in [0.4, 0.5) is 4.39 Å². The number of nitrogens with zero attached hydrogens (tertiary/aromatic N) is 5. The third-order valence-corrected chi connectivity index (χ3v) is 4.72. The van der Waals surface area contributed by atoms with Gasteiger partial charge >= 0.3 is 0 Å². The van der Waals surface area contributed by atoms with E-state index in [1.807, 2.05) is 19.0 Å². The first-order chi connectivity index (χ1) is 14.4. The first-order valence-electron chi connectivity index (χ1n) is 9.43. The van der Waals surface area contributed by atoms with Crippen LogP contribution in [-0.4, -0.2) is 52.4 Å². The summed E-state index contributed by atoms with van der Waals surface area (Å²) in [6, 6.07) is 12.9. The van der Waals surface area contributed by atoms with Crippen molar-refractivity contribution in [3.05, 3.63) is 76.1 Å². The van der Waals surface area contributed by atoms with Crippen molar-refractivity contribution in [1.82, 2.24) is 19.4 Å². The summed E-state index contributed by atoms with van der Waals surface area (Å²) < 4.78 is 14.7. The van der Waals surface area contributed by atoms with Crippen LogP contribution in [0.25, 0.3) is 10.9 Å². The lowest BCUT2D eigenvalue weighted by Crippen LogP contribution is -2.39. The SMILES string of the molecule is CN(C)CCN(Cc1ccc(C#N)cc1)C(=O)Cn1cnc2ccc(F)cc2c1=O. The monoisotopic (exact) mass is 407 g/mol. The predicted octanol–water partition coefficient (Wildman–Crippen LogP) is 2.00. The smallest absolute Gasteiger partial charge is 0.261 e. The summed E-state index contributed by atoms with van der Waals surface area (Å²) in [5.74, 6) is -0.778. The Morgan fingerprint density at radius 1 is 1.17 bits per heavy atom. The molecule has 0 unspecified atom stereocenters. The minimum Gasteiger partial charge on any atom is -0.336 e. The number of rotatable bonds is 7. The van der Waals surface area contributed by atoms with E-state index in [0.29, 0.717) is 30.7 Å². The maximum absolute atomic E-state index is 13.5. The van der Waals surface area contributed by atoms with Crippen molar-refractivity contribution in [1.29, 1.82) is 5.26 Å². The van der Waals surface area contributed by atoms with Crippen molar-refractivity contribution in [2.45, 2.75) is 13.1 Å². The van der Waals surface area contributed by atoms with Crippen LogP contribution in [0, 0.1) is 17.1 Å². The molecule has 0 radical (unpaired) electrons. The van der Waals surface area contributed by atoms with Gasteiger partial charge in [-0.15, -0.1) is 0 Å². The summed E-state index contributed by atoms with van der Waals surface area (Å²) in [6.45, 7) is 1.28. The molecular weight excluding hydrogens is 385 g/mol. The lowest BCUT2D eigenvalue weighted by molar-refractivity contribution is -0.132. The Balaban J connectivity index is 1.83. The molecule has 0 atom stereocenters. The summed E-state index contributed by atoms with van der Waals surface area (Å²) in [5.41, 5.74) is 1.35. The van der Waals surface area contributed by atoms with Gasteiger partial charge in [0.05, 0.1) is 28.9 Å². The van der Waals surface area contributed by atoms with Gasteiger partial charge in [-0.1, -0.05) is 12.1 Å². The summed E-state index contributed by atoms with van der Waals surface area (Å²) in [7, 11) is 3.83. The number of hydrogen-bond donors (Lipinski definition) is 0. The minimum absolute atomic E-state index is 0.136. The van der Waals surface area contributed by atoms with Gasteiger partial charge in [0.25, 0.3) is 5.56 Å². The average molecular weight is 407 g/mol. The van der Waals surface area contributed by atoms with E-state index in [0.717, 1.165) is 11.6 Å². The van der Waals surface area contributed by atoms with Crippen LogP contribution in [0.2, 0.25) is 0 Å². The molecule has 30 heavy (non-hydrogen) atoms. The first kappa shape index (κ1) is 21.1. The second-order valence-electron chi connectivity index (χ2n) is 7.27. The van der Waals surface area contributed by atoms with Crippen LogP contribution in [0.1, 0.15) is 11.1 Å². The molecule has 8 heteroatoms. The van der Waals surface area contributed by atoms with Crippen molar-refractivity contribution in [2.24, 2.45) is 0 Å². The minimum atomic E-state index is -0.529. The zero-order valence-corrected chi connectivity index (χ0v) is 16.9. The molecule has 0 aliphatic rings. The van der Waals surface area contributed by atoms with Crippen LogP contribution in [0.15, 0.2) is 53.6 Å². The molecule has 154 valence electrons. The highest BCUT2D eigenvalue weighted by Gasteiger charge is 2.17. The van der Waals surface area contributed by atoms with Crippen molar-refractivity contribution in [3.8, 4) is 6.07 Å². The number of hydrogen-bond acceptors (Lipinski definition) is 5. The highest BCUT2D eigenvalue weighted by atomic mass is 19.1. The Bertz CT molecular complexity index is 1150. The van der Waals surface area contributed by atoms with Crippen LogP contribution in [-0.2, 0) is 17.9 Å². The summed E-state index contributed by atoms with van der Waals surface area (Å²) in [6.07, 6.45) is 1.31.